The maximum Gasteiger partial charge on any atom is 0.320 e. The number of halogens is 2. The van der Waals surface area contributed by atoms with E-state index in [1.807, 2.05) is 0 Å². The van der Waals surface area contributed by atoms with Crippen molar-refractivity contribution in [3.05, 3.63) is 39.7 Å². The maximum atomic E-state index is 13.8. The van der Waals surface area contributed by atoms with Gasteiger partial charge in [-0.15, -0.1) is 0 Å². The Morgan fingerprint density at radius 3 is 2.05 bits per heavy atom. The molecule has 0 saturated heterocycles. The minimum Gasteiger partial charge on any atom is -0.468 e. The Morgan fingerprint density at radius 1 is 1.23 bits per heavy atom. The minimum absolute atomic E-state index is 0.622. The quantitative estimate of drug-likeness (QED) is 0.328. The SMILES string of the molecule is COC(=O)C(C(=O)OC)[C@@H](C[N+](=O)[O-])c1c(F)cncc1F. The first-order valence-corrected chi connectivity index (χ1v) is 5.89. The number of esters is 2. The molecule has 1 rings (SSSR count). The van der Waals surface area contributed by atoms with E-state index in [4.69, 9.17) is 0 Å². The Hall–Kier alpha value is -2.65. The van der Waals surface area contributed by atoms with Crippen molar-refractivity contribution in [1.82, 2.24) is 4.98 Å². The molecule has 0 radical (unpaired) electrons. The molecule has 0 N–H and O–H groups in total. The molecule has 1 atom stereocenters. The zero-order chi connectivity index (χ0) is 16.9. The summed E-state index contributed by atoms with van der Waals surface area (Å²) in [6, 6.07) is 0. The van der Waals surface area contributed by atoms with E-state index in [0.29, 0.717) is 12.4 Å². The first-order chi connectivity index (χ1) is 10.3. The summed E-state index contributed by atoms with van der Waals surface area (Å²) in [5.41, 5.74) is -0.799. The molecule has 0 fully saturated rings. The van der Waals surface area contributed by atoms with Crippen LogP contribution in [0, 0.1) is 27.7 Å². The molecule has 1 aromatic rings. The van der Waals surface area contributed by atoms with Crippen LogP contribution in [-0.4, -0.2) is 42.6 Å². The van der Waals surface area contributed by atoms with Crippen LogP contribution in [0.15, 0.2) is 12.4 Å². The molecule has 0 aliphatic rings. The van der Waals surface area contributed by atoms with Crippen LogP contribution in [0.4, 0.5) is 8.78 Å². The predicted molar refractivity (Wildman–Crippen MR) is 66.3 cm³/mol. The zero-order valence-electron chi connectivity index (χ0n) is 11.6. The highest BCUT2D eigenvalue weighted by atomic mass is 19.1. The second-order valence-corrected chi connectivity index (χ2v) is 4.16. The van der Waals surface area contributed by atoms with Gasteiger partial charge in [0.15, 0.2) is 5.92 Å². The molecule has 1 aromatic heterocycles. The fraction of sp³-hybridized carbons (Fsp3) is 0.417. The van der Waals surface area contributed by atoms with Crippen LogP contribution in [0.3, 0.4) is 0 Å². The van der Waals surface area contributed by atoms with Crippen molar-refractivity contribution in [3.63, 3.8) is 0 Å². The number of nitrogens with zero attached hydrogens (tertiary/aromatic N) is 2. The minimum atomic E-state index is -1.88. The van der Waals surface area contributed by atoms with E-state index < -0.39 is 52.4 Å². The fourth-order valence-electron chi connectivity index (χ4n) is 1.98. The van der Waals surface area contributed by atoms with Crippen LogP contribution in [0.5, 0.6) is 0 Å². The standard InChI is InChI=1S/C12H12F2N2O6/c1-21-11(17)10(12(18)22-2)6(5-16(19)20)9-7(13)3-15-4-8(9)14/h3-4,6,10H,5H2,1-2H3/t6-/m0/s1. The van der Waals surface area contributed by atoms with Gasteiger partial charge >= 0.3 is 11.9 Å². The first kappa shape index (κ1) is 17.4. The Labute approximate surface area is 123 Å². The van der Waals surface area contributed by atoms with Gasteiger partial charge in [0.25, 0.3) is 0 Å². The molecule has 0 spiro atoms. The van der Waals surface area contributed by atoms with Crippen molar-refractivity contribution in [1.29, 1.82) is 0 Å². The maximum absolute atomic E-state index is 13.8. The van der Waals surface area contributed by atoms with E-state index in [1.165, 1.54) is 0 Å². The lowest BCUT2D eigenvalue weighted by Crippen LogP contribution is -2.36. The zero-order valence-corrected chi connectivity index (χ0v) is 11.6. The number of carbonyl (C=O) groups excluding carboxylic acids is 2. The molecular formula is C12H12F2N2O6. The molecular weight excluding hydrogens is 306 g/mol. The van der Waals surface area contributed by atoms with Gasteiger partial charge in [-0.2, -0.15) is 0 Å². The Kier molecular flexibility index (Phi) is 5.84. The number of nitro groups is 1. The van der Waals surface area contributed by atoms with Crippen LogP contribution < -0.4 is 0 Å². The summed E-state index contributed by atoms with van der Waals surface area (Å²) in [5.74, 6) is -8.46. The smallest absolute Gasteiger partial charge is 0.320 e. The number of hydrogen-bond acceptors (Lipinski definition) is 7. The van der Waals surface area contributed by atoms with Crippen LogP contribution in [0.2, 0.25) is 0 Å². The van der Waals surface area contributed by atoms with Crippen molar-refractivity contribution in [2.45, 2.75) is 5.92 Å². The van der Waals surface area contributed by atoms with Crippen molar-refractivity contribution in [2.24, 2.45) is 5.92 Å². The van der Waals surface area contributed by atoms with Gasteiger partial charge in [0.05, 0.1) is 32.5 Å². The average molecular weight is 318 g/mol. The van der Waals surface area contributed by atoms with Gasteiger partial charge in [0, 0.05) is 10.5 Å². The Morgan fingerprint density at radius 2 is 1.68 bits per heavy atom. The number of rotatable bonds is 6. The van der Waals surface area contributed by atoms with Gasteiger partial charge in [0.2, 0.25) is 6.54 Å². The topological polar surface area (TPSA) is 109 Å². The Balaban J connectivity index is 3.46. The average Bonchev–Trinajstić information content (AvgIpc) is 2.45. The lowest BCUT2D eigenvalue weighted by Gasteiger charge is -2.21. The number of pyridine rings is 1. The van der Waals surface area contributed by atoms with E-state index in [9.17, 15) is 28.5 Å². The lowest BCUT2D eigenvalue weighted by molar-refractivity contribution is -0.484. The van der Waals surface area contributed by atoms with Crippen molar-refractivity contribution >= 4 is 11.9 Å². The number of carbonyl (C=O) groups is 2. The first-order valence-electron chi connectivity index (χ1n) is 5.89. The lowest BCUT2D eigenvalue weighted by atomic mass is 9.85. The van der Waals surface area contributed by atoms with Gasteiger partial charge < -0.3 is 9.47 Å². The molecule has 0 bridgehead atoms. The van der Waals surface area contributed by atoms with E-state index in [-0.39, 0.29) is 0 Å². The summed E-state index contributed by atoms with van der Waals surface area (Å²) in [6.07, 6.45) is 1.24. The Bertz CT molecular complexity index is 559. The van der Waals surface area contributed by atoms with E-state index in [0.717, 1.165) is 14.2 Å². The normalized spacial score (nSPS) is 11.9. The summed E-state index contributed by atoms with van der Waals surface area (Å²) in [4.78, 5) is 36.6. The van der Waals surface area contributed by atoms with Gasteiger partial charge in [-0.25, -0.2) is 8.78 Å². The summed E-state index contributed by atoms with van der Waals surface area (Å²) in [6.45, 7) is -1.08. The summed E-state index contributed by atoms with van der Waals surface area (Å²) in [5, 5.41) is 10.8. The van der Waals surface area contributed by atoms with Gasteiger partial charge in [-0.1, -0.05) is 0 Å². The molecule has 22 heavy (non-hydrogen) atoms. The highest BCUT2D eigenvalue weighted by Crippen LogP contribution is 2.31. The molecule has 1 heterocycles. The summed E-state index contributed by atoms with van der Waals surface area (Å²) >= 11 is 0. The number of aromatic nitrogens is 1. The van der Waals surface area contributed by atoms with Crippen LogP contribution in [-0.2, 0) is 19.1 Å². The number of methoxy groups -OCH3 is 2. The molecule has 0 aliphatic carbocycles. The number of ether oxygens (including phenoxy) is 2. The van der Waals surface area contributed by atoms with E-state index in [2.05, 4.69) is 14.5 Å². The van der Waals surface area contributed by atoms with Crippen LogP contribution >= 0.6 is 0 Å². The third-order valence-corrected chi connectivity index (χ3v) is 2.92. The van der Waals surface area contributed by atoms with Crippen molar-refractivity contribution in [3.8, 4) is 0 Å². The second-order valence-electron chi connectivity index (χ2n) is 4.16. The largest absolute Gasteiger partial charge is 0.468 e. The molecule has 0 amide bonds. The molecule has 10 heteroatoms. The van der Waals surface area contributed by atoms with Crippen molar-refractivity contribution in [2.75, 3.05) is 20.8 Å². The molecule has 8 nitrogen and oxygen atoms in total. The molecule has 0 aliphatic heterocycles. The molecule has 0 unspecified atom stereocenters. The third-order valence-electron chi connectivity index (χ3n) is 2.92. The summed E-state index contributed by atoms with van der Waals surface area (Å²) in [7, 11) is 1.86. The molecule has 0 aromatic carbocycles. The summed E-state index contributed by atoms with van der Waals surface area (Å²) < 4.78 is 36.4. The second kappa shape index (κ2) is 7.38. The monoisotopic (exact) mass is 318 g/mol. The van der Waals surface area contributed by atoms with Gasteiger partial charge in [-0.05, 0) is 0 Å². The predicted octanol–water partition coefficient (Wildman–Crippen LogP) is 0.682. The van der Waals surface area contributed by atoms with Crippen LogP contribution in [0.1, 0.15) is 11.5 Å². The highest BCUT2D eigenvalue weighted by Gasteiger charge is 2.43. The van der Waals surface area contributed by atoms with Gasteiger partial charge in [-0.3, -0.25) is 24.7 Å². The third kappa shape index (κ3) is 3.71. The fourth-order valence-corrected chi connectivity index (χ4v) is 1.98. The molecule has 0 saturated carbocycles. The van der Waals surface area contributed by atoms with Crippen LogP contribution in [0.25, 0.3) is 0 Å². The van der Waals surface area contributed by atoms with Crippen molar-refractivity contribution < 1.29 is 32.8 Å². The molecule has 120 valence electrons. The van der Waals surface area contributed by atoms with E-state index in [1.54, 1.807) is 0 Å². The van der Waals surface area contributed by atoms with Gasteiger partial charge in [0.1, 0.15) is 11.6 Å². The van der Waals surface area contributed by atoms with E-state index >= 15 is 0 Å². The highest BCUT2D eigenvalue weighted by molar-refractivity contribution is 5.96. The number of hydrogen-bond donors (Lipinski definition) is 0.